The molecule has 0 aliphatic carbocycles. The third kappa shape index (κ3) is 3.41. The zero-order chi connectivity index (χ0) is 13.0. The van der Waals surface area contributed by atoms with Crippen LogP contribution in [0.25, 0.3) is 0 Å². The minimum Gasteiger partial charge on any atom is -0.306 e. The minimum atomic E-state index is -0.183. The maximum atomic E-state index is 13.0. The average molecular weight is 243 g/mol. The number of halogens is 1. The molecule has 0 saturated carbocycles. The van der Waals surface area contributed by atoms with E-state index in [0.29, 0.717) is 6.54 Å². The third-order valence-electron chi connectivity index (χ3n) is 3.08. The molecule has 0 fully saturated rings. The Bertz CT molecular complexity index is 505. The van der Waals surface area contributed by atoms with Gasteiger partial charge in [0.05, 0.1) is 0 Å². The molecule has 0 saturated heterocycles. The van der Waals surface area contributed by atoms with Crippen LogP contribution in [0.15, 0.2) is 48.5 Å². The van der Waals surface area contributed by atoms with E-state index in [1.54, 1.807) is 12.1 Å². The van der Waals surface area contributed by atoms with Gasteiger partial charge in [-0.2, -0.15) is 0 Å². The van der Waals surface area contributed by atoms with Crippen molar-refractivity contribution in [3.8, 4) is 0 Å². The van der Waals surface area contributed by atoms with Gasteiger partial charge in [-0.1, -0.05) is 42.0 Å². The van der Waals surface area contributed by atoms with Crippen LogP contribution in [0.5, 0.6) is 0 Å². The van der Waals surface area contributed by atoms with Gasteiger partial charge in [-0.25, -0.2) is 4.39 Å². The molecule has 94 valence electrons. The maximum absolute atomic E-state index is 13.0. The Morgan fingerprint density at radius 2 is 1.83 bits per heavy atom. The van der Waals surface area contributed by atoms with Crippen molar-refractivity contribution >= 4 is 0 Å². The van der Waals surface area contributed by atoms with Gasteiger partial charge in [-0.3, -0.25) is 0 Å². The lowest BCUT2D eigenvalue weighted by Gasteiger charge is -2.14. The molecule has 1 atom stereocenters. The molecule has 0 amide bonds. The summed E-state index contributed by atoms with van der Waals surface area (Å²) in [4.78, 5) is 0. The van der Waals surface area contributed by atoms with E-state index < -0.39 is 0 Å². The number of aryl methyl sites for hydroxylation is 1. The van der Waals surface area contributed by atoms with Crippen LogP contribution >= 0.6 is 0 Å². The van der Waals surface area contributed by atoms with Crippen LogP contribution in [0.1, 0.15) is 29.7 Å². The van der Waals surface area contributed by atoms with Crippen LogP contribution in [0, 0.1) is 12.7 Å². The standard InChI is InChI=1S/C16H18FN/c1-12-6-8-15(9-7-12)13(2)18-11-14-4-3-5-16(17)10-14/h3-10,13,18H,11H2,1-2H3/t13-/m1/s1. The van der Waals surface area contributed by atoms with Gasteiger partial charge in [0.25, 0.3) is 0 Å². The van der Waals surface area contributed by atoms with E-state index in [-0.39, 0.29) is 11.9 Å². The highest BCUT2D eigenvalue weighted by Crippen LogP contribution is 2.14. The van der Waals surface area contributed by atoms with E-state index >= 15 is 0 Å². The van der Waals surface area contributed by atoms with Crippen molar-refractivity contribution in [1.29, 1.82) is 0 Å². The molecular weight excluding hydrogens is 225 g/mol. The van der Waals surface area contributed by atoms with Crippen molar-refractivity contribution in [2.24, 2.45) is 0 Å². The highest BCUT2D eigenvalue weighted by Gasteiger charge is 2.04. The molecule has 2 heteroatoms. The van der Waals surface area contributed by atoms with Gasteiger partial charge in [-0.05, 0) is 37.1 Å². The van der Waals surface area contributed by atoms with Gasteiger partial charge in [0, 0.05) is 12.6 Å². The Kier molecular flexibility index (Phi) is 4.11. The van der Waals surface area contributed by atoms with E-state index in [4.69, 9.17) is 0 Å². The summed E-state index contributed by atoms with van der Waals surface area (Å²) in [6.45, 7) is 4.87. The van der Waals surface area contributed by atoms with Crippen LogP contribution in [0.3, 0.4) is 0 Å². The SMILES string of the molecule is Cc1ccc([C@@H](C)NCc2cccc(F)c2)cc1. The summed E-state index contributed by atoms with van der Waals surface area (Å²) in [5.74, 6) is -0.183. The normalized spacial score (nSPS) is 12.4. The summed E-state index contributed by atoms with van der Waals surface area (Å²) >= 11 is 0. The summed E-state index contributed by atoms with van der Waals surface area (Å²) < 4.78 is 13.0. The van der Waals surface area contributed by atoms with Gasteiger partial charge >= 0.3 is 0 Å². The van der Waals surface area contributed by atoms with Crippen molar-refractivity contribution in [2.45, 2.75) is 26.4 Å². The predicted molar refractivity (Wildman–Crippen MR) is 72.8 cm³/mol. The molecule has 0 unspecified atom stereocenters. The molecule has 18 heavy (non-hydrogen) atoms. The molecule has 2 rings (SSSR count). The lowest BCUT2D eigenvalue weighted by atomic mass is 10.1. The number of hydrogen-bond acceptors (Lipinski definition) is 1. The van der Waals surface area contributed by atoms with Crippen LogP contribution in [-0.2, 0) is 6.54 Å². The van der Waals surface area contributed by atoms with Gasteiger partial charge in [-0.15, -0.1) is 0 Å². The van der Waals surface area contributed by atoms with Crippen molar-refractivity contribution in [3.63, 3.8) is 0 Å². The molecule has 0 aromatic heterocycles. The number of rotatable bonds is 4. The van der Waals surface area contributed by atoms with Crippen molar-refractivity contribution in [1.82, 2.24) is 5.32 Å². The lowest BCUT2D eigenvalue weighted by Crippen LogP contribution is -2.18. The molecule has 0 aliphatic rings. The second-order valence-electron chi connectivity index (χ2n) is 4.64. The molecule has 1 N–H and O–H groups in total. The molecular formula is C16H18FN. The van der Waals surface area contributed by atoms with Gasteiger partial charge in [0.2, 0.25) is 0 Å². The molecule has 2 aromatic rings. The second-order valence-corrected chi connectivity index (χ2v) is 4.64. The number of benzene rings is 2. The van der Waals surface area contributed by atoms with Crippen molar-refractivity contribution < 1.29 is 4.39 Å². The fourth-order valence-corrected chi connectivity index (χ4v) is 1.89. The Morgan fingerprint density at radius 1 is 1.11 bits per heavy atom. The monoisotopic (exact) mass is 243 g/mol. The van der Waals surface area contributed by atoms with E-state index in [0.717, 1.165) is 5.56 Å². The van der Waals surface area contributed by atoms with Gasteiger partial charge in [0.1, 0.15) is 5.82 Å². The highest BCUT2D eigenvalue weighted by molar-refractivity contribution is 5.24. The zero-order valence-corrected chi connectivity index (χ0v) is 10.8. The molecule has 0 radical (unpaired) electrons. The summed E-state index contributed by atoms with van der Waals surface area (Å²) in [5.41, 5.74) is 3.47. The fraction of sp³-hybridized carbons (Fsp3) is 0.250. The quantitative estimate of drug-likeness (QED) is 0.856. The third-order valence-corrected chi connectivity index (χ3v) is 3.08. The largest absolute Gasteiger partial charge is 0.306 e. The molecule has 0 aliphatic heterocycles. The van der Waals surface area contributed by atoms with Crippen LogP contribution in [0.2, 0.25) is 0 Å². The smallest absolute Gasteiger partial charge is 0.123 e. The minimum absolute atomic E-state index is 0.183. The van der Waals surface area contributed by atoms with Crippen LogP contribution < -0.4 is 5.32 Å². The first-order valence-corrected chi connectivity index (χ1v) is 6.19. The summed E-state index contributed by atoms with van der Waals surface area (Å²) in [7, 11) is 0. The molecule has 0 spiro atoms. The van der Waals surface area contributed by atoms with E-state index in [2.05, 4.69) is 43.4 Å². The predicted octanol–water partition coefficient (Wildman–Crippen LogP) is 3.98. The second kappa shape index (κ2) is 5.78. The summed E-state index contributed by atoms with van der Waals surface area (Å²) in [5, 5.41) is 3.40. The highest BCUT2D eigenvalue weighted by atomic mass is 19.1. The summed E-state index contributed by atoms with van der Waals surface area (Å²) in [6, 6.07) is 15.4. The van der Waals surface area contributed by atoms with Crippen molar-refractivity contribution in [2.75, 3.05) is 0 Å². The Morgan fingerprint density at radius 3 is 2.50 bits per heavy atom. The lowest BCUT2D eigenvalue weighted by molar-refractivity contribution is 0.569. The fourth-order valence-electron chi connectivity index (χ4n) is 1.89. The van der Waals surface area contributed by atoms with Crippen LogP contribution in [0.4, 0.5) is 4.39 Å². The molecule has 1 nitrogen and oxygen atoms in total. The molecule has 2 aromatic carbocycles. The maximum Gasteiger partial charge on any atom is 0.123 e. The van der Waals surface area contributed by atoms with E-state index in [9.17, 15) is 4.39 Å². The first-order valence-electron chi connectivity index (χ1n) is 6.19. The van der Waals surface area contributed by atoms with Gasteiger partial charge in [0.15, 0.2) is 0 Å². The number of nitrogens with one attached hydrogen (secondary N) is 1. The summed E-state index contributed by atoms with van der Waals surface area (Å²) in [6.07, 6.45) is 0. The number of hydrogen-bond donors (Lipinski definition) is 1. The van der Waals surface area contributed by atoms with E-state index in [1.165, 1.54) is 17.2 Å². The first kappa shape index (κ1) is 12.8. The average Bonchev–Trinajstić information content (AvgIpc) is 2.37. The Labute approximate surface area is 108 Å². The Hall–Kier alpha value is -1.67. The van der Waals surface area contributed by atoms with Gasteiger partial charge < -0.3 is 5.32 Å². The zero-order valence-electron chi connectivity index (χ0n) is 10.8. The van der Waals surface area contributed by atoms with Crippen LogP contribution in [-0.4, -0.2) is 0 Å². The first-order chi connectivity index (χ1) is 8.65. The van der Waals surface area contributed by atoms with E-state index in [1.807, 2.05) is 6.07 Å². The molecule has 0 heterocycles. The molecule has 0 bridgehead atoms. The topological polar surface area (TPSA) is 12.0 Å². The Balaban J connectivity index is 1.96. The van der Waals surface area contributed by atoms with Crippen molar-refractivity contribution in [3.05, 3.63) is 71.0 Å².